The summed E-state index contributed by atoms with van der Waals surface area (Å²) in [6, 6.07) is 8.12. The molecular formula is C10H9N3S. The second kappa shape index (κ2) is 3.13. The molecule has 0 aliphatic carbocycles. The van der Waals surface area contributed by atoms with Crippen molar-refractivity contribution in [2.45, 2.75) is 0 Å². The molecule has 0 N–H and O–H groups in total. The normalized spacial score (nSPS) is 16.1. The van der Waals surface area contributed by atoms with Gasteiger partial charge < -0.3 is 0 Å². The molecule has 0 saturated heterocycles. The van der Waals surface area contributed by atoms with E-state index in [0.717, 1.165) is 23.0 Å². The summed E-state index contributed by atoms with van der Waals surface area (Å²) in [6.07, 6.45) is 2.03. The number of aliphatic imine (C=N–C) groups is 1. The Kier molecular flexibility index (Phi) is 1.80. The smallest absolute Gasteiger partial charge is 0.184 e. The second-order valence-corrected chi connectivity index (χ2v) is 4.21. The van der Waals surface area contributed by atoms with Gasteiger partial charge in [0.25, 0.3) is 0 Å². The highest BCUT2D eigenvalue weighted by atomic mass is 32.2. The van der Waals surface area contributed by atoms with Crippen molar-refractivity contribution in [2.24, 2.45) is 4.99 Å². The highest BCUT2D eigenvalue weighted by molar-refractivity contribution is 8.14. The van der Waals surface area contributed by atoms with Crippen molar-refractivity contribution in [2.75, 3.05) is 12.3 Å². The Balaban J connectivity index is 2.14. The summed E-state index contributed by atoms with van der Waals surface area (Å²) in [5.41, 5.74) is 1.03. The predicted molar refractivity (Wildman–Crippen MR) is 59.9 cm³/mol. The molecule has 0 fully saturated rings. The maximum absolute atomic E-state index is 4.46. The first-order valence-electron chi connectivity index (χ1n) is 4.55. The summed E-state index contributed by atoms with van der Waals surface area (Å²) in [5.74, 6) is 1.07. The number of nitrogens with zero attached hydrogens (tertiary/aromatic N) is 3. The van der Waals surface area contributed by atoms with E-state index in [9.17, 15) is 0 Å². The molecule has 70 valence electrons. The number of hydrogen-bond acceptors (Lipinski definition) is 3. The van der Waals surface area contributed by atoms with E-state index >= 15 is 0 Å². The summed E-state index contributed by atoms with van der Waals surface area (Å²) >= 11 is 1.76. The molecular weight excluding hydrogens is 194 g/mol. The number of aromatic nitrogens is 2. The van der Waals surface area contributed by atoms with Gasteiger partial charge in [-0.2, -0.15) is 5.10 Å². The van der Waals surface area contributed by atoms with Crippen LogP contribution in [0.4, 0.5) is 0 Å². The van der Waals surface area contributed by atoms with Crippen LogP contribution >= 0.6 is 11.8 Å². The fourth-order valence-electron chi connectivity index (χ4n) is 1.52. The average molecular weight is 203 g/mol. The third-order valence-corrected chi connectivity index (χ3v) is 3.14. The zero-order chi connectivity index (χ0) is 9.38. The van der Waals surface area contributed by atoms with E-state index in [2.05, 4.69) is 16.2 Å². The third kappa shape index (κ3) is 1.23. The largest absolute Gasteiger partial charge is 0.260 e. The molecule has 14 heavy (non-hydrogen) atoms. The summed E-state index contributed by atoms with van der Waals surface area (Å²) in [6.45, 7) is 0.913. The minimum absolute atomic E-state index is 0.913. The lowest BCUT2D eigenvalue weighted by atomic mass is 10.3. The molecule has 0 bridgehead atoms. The van der Waals surface area contributed by atoms with E-state index in [1.807, 2.05) is 29.1 Å². The van der Waals surface area contributed by atoms with E-state index in [1.54, 1.807) is 11.8 Å². The van der Waals surface area contributed by atoms with Crippen molar-refractivity contribution in [1.82, 2.24) is 9.78 Å². The van der Waals surface area contributed by atoms with Crippen LogP contribution in [0.1, 0.15) is 0 Å². The van der Waals surface area contributed by atoms with Crippen molar-refractivity contribution in [3.8, 4) is 0 Å². The van der Waals surface area contributed by atoms with Gasteiger partial charge in [-0.3, -0.25) is 4.99 Å². The van der Waals surface area contributed by atoms with Gasteiger partial charge in [-0.15, -0.1) is 0 Å². The van der Waals surface area contributed by atoms with Crippen LogP contribution in [0.25, 0.3) is 10.9 Å². The van der Waals surface area contributed by atoms with Crippen molar-refractivity contribution in [1.29, 1.82) is 0 Å². The number of hydrogen-bond donors (Lipinski definition) is 0. The lowest BCUT2D eigenvalue weighted by molar-refractivity contribution is 0.961. The quantitative estimate of drug-likeness (QED) is 0.655. The maximum atomic E-state index is 4.46. The second-order valence-electron chi connectivity index (χ2n) is 3.15. The van der Waals surface area contributed by atoms with Crippen LogP contribution in [0, 0.1) is 0 Å². The Labute approximate surface area is 85.8 Å². The van der Waals surface area contributed by atoms with Crippen molar-refractivity contribution < 1.29 is 0 Å². The first-order valence-corrected chi connectivity index (χ1v) is 5.54. The fourth-order valence-corrected chi connectivity index (χ4v) is 2.30. The Hall–Kier alpha value is -1.29. The Morgan fingerprint density at radius 3 is 3.00 bits per heavy atom. The molecule has 0 spiro atoms. The monoisotopic (exact) mass is 203 g/mol. The van der Waals surface area contributed by atoms with E-state index < -0.39 is 0 Å². The van der Waals surface area contributed by atoms with Gasteiger partial charge in [0.2, 0.25) is 0 Å². The van der Waals surface area contributed by atoms with Crippen LogP contribution in [0.3, 0.4) is 0 Å². The molecule has 1 aromatic heterocycles. The van der Waals surface area contributed by atoms with E-state index in [1.165, 1.54) is 5.39 Å². The summed E-state index contributed by atoms with van der Waals surface area (Å²) in [5, 5.41) is 6.64. The minimum Gasteiger partial charge on any atom is -0.260 e. The Bertz CT molecular complexity index is 468. The van der Waals surface area contributed by atoms with Crippen molar-refractivity contribution >= 4 is 27.8 Å². The van der Waals surface area contributed by atoms with Crippen molar-refractivity contribution in [3.05, 3.63) is 30.5 Å². The topological polar surface area (TPSA) is 30.2 Å². The first kappa shape index (κ1) is 8.05. The van der Waals surface area contributed by atoms with Crippen LogP contribution in [0.5, 0.6) is 0 Å². The minimum atomic E-state index is 0.913. The first-order chi connectivity index (χ1) is 6.93. The van der Waals surface area contributed by atoms with Gasteiger partial charge in [0.15, 0.2) is 5.17 Å². The zero-order valence-electron chi connectivity index (χ0n) is 7.55. The van der Waals surface area contributed by atoms with Crippen LogP contribution in [0.2, 0.25) is 0 Å². The van der Waals surface area contributed by atoms with Crippen LogP contribution in [-0.2, 0) is 0 Å². The van der Waals surface area contributed by atoms with Crippen LogP contribution in [0.15, 0.2) is 35.5 Å². The third-order valence-electron chi connectivity index (χ3n) is 2.18. The predicted octanol–water partition coefficient (Wildman–Crippen LogP) is 1.99. The molecule has 1 aromatic carbocycles. The highest BCUT2D eigenvalue weighted by Crippen LogP contribution is 2.17. The number of benzene rings is 1. The van der Waals surface area contributed by atoms with Gasteiger partial charge in [-0.05, 0) is 6.07 Å². The molecule has 0 radical (unpaired) electrons. The van der Waals surface area contributed by atoms with E-state index in [0.29, 0.717) is 0 Å². The van der Waals surface area contributed by atoms with E-state index in [-0.39, 0.29) is 0 Å². The summed E-state index contributed by atoms with van der Waals surface area (Å²) in [7, 11) is 0. The summed E-state index contributed by atoms with van der Waals surface area (Å²) < 4.78 is 1.88. The lowest BCUT2D eigenvalue weighted by Gasteiger charge is -1.95. The average Bonchev–Trinajstić information content (AvgIpc) is 2.86. The molecule has 2 heterocycles. The van der Waals surface area contributed by atoms with Gasteiger partial charge in [-0.25, -0.2) is 4.68 Å². The molecule has 4 heteroatoms. The standard InChI is InChI=1S/C10H9N3S/c1-2-4-9-8(3-1)7-13(12-9)10-11-5-6-14-10/h1-4,7H,5-6H2. The zero-order valence-corrected chi connectivity index (χ0v) is 8.37. The van der Waals surface area contributed by atoms with Gasteiger partial charge in [0, 0.05) is 17.3 Å². The van der Waals surface area contributed by atoms with E-state index in [4.69, 9.17) is 0 Å². The number of thioether (sulfide) groups is 1. The molecule has 0 saturated carbocycles. The van der Waals surface area contributed by atoms with Gasteiger partial charge in [-0.1, -0.05) is 30.0 Å². The maximum Gasteiger partial charge on any atom is 0.184 e. The number of rotatable bonds is 0. The molecule has 1 aliphatic heterocycles. The van der Waals surface area contributed by atoms with Gasteiger partial charge in [0.1, 0.15) is 0 Å². The molecule has 3 nitrogen and oxygen atoms in total. The Morgan fingerprint density at radius 1 is 1.29 bits per heavy atom. The molecule has 2 aromatic rings. The SMILES string of the molecule is c1ccc2nn(C3=NCCS3)cc2c1. The highest BCUT2D eigenvalue weighted by Gasteiger charge is 2.10. The number of fused-ring (bicyclic) bond motifs is 1. The van der Waals surface area contributed by atoms with Crippen LogP contribution < -0.4 is 0 Å². The van der Waals surface area contributed by atoms with Gasteiger partial charge in [0.05, 0.1) is 12.1 Å². The fraction of sp³-hybridized carbons (Fsp3) is 0.200. The Morgan fingerprint density at radius 2 is 2.21 bits per heavy atom. The van der Waals surface area contributed by atoms with Gasteiger partial charge >= 0.3 is 0 Å². The van der Waals surface area contributed by atoms with Crippen LogP contribution in [-0.4, -0.2) is 27.2 Å². The van der Waals surface area contributed by atoms with Crippen molar-refractivity contribution in [3.63, 3.8) is 0 Å². The molecule has 0 atom stereocenters. The molecule has 1 aliphatic rings. The molecule has 0 amide bonds. The summed E-state index contributed by atoms with van der Waals surface area (Å²) in [4.78, 5) is 4.38. The lowest BCUT2D eigenvalue weighted by Crippen LogP contribution is -2.05. The molecule has 3 rings (SSSR count). The molecule has 0 unspecified atom stereocenters.